The number of alkyl carbamates (subject to hydrolysis) is 1. The van der Waals surface area contributed by atoms with Crippen molar-refractivity contribution < 1.29 is 31.2 Å². The highest BCUT2D eigenvalue weighted by Crippen LogP contribution is 2.17. The maximum Gasteiger partial charge on any atom is 0.407 e. The molecule has 0 spiro atoms. The molecule has 10 nitrogen and oxygen atoms in total. The molecule has 2 rings (SSSR count). The van der Waals surface area contributed by atoms with Gasteiger partial charge in [0.1, 0.15) is 0 Å². The molecule has 0 radical (unpaired) electrons. The number of nitrogens with one attached hydrogen (secondary N) is 3. The minimum atomic E-state index is -4.02. The van der Waals surface area contributed by atoms with E-state index in [0.717, 1.165) is 0 Å². The highest BCUT2D eigenvalue weighted by atomic mass is 32.2. The molecule has 1 aromatic carbocycles. The van der Waals surface area contributed by atoms with Gasteiger partial charge in [-0.3, -0.25) is 4.79 Å². The van der Waals surface area contributed by atoms with Crippen LogP contribution < -0.4 is 15.4 Å². The number of carbonyl (C=O) groups excluding carboxylic acids is 2. The summed E-state index contributed by atoms with van der Waals surface area (Å²) in [5.74, 6) is -1.01. The summed E-state index contributed by atoms with van der Waals surface area (Å²) < 4.78 is 56.2. The lowest BCUT2D eigenvalue weighted by Gasteiger charge is -2.20. The van der Waals surface area contributed by atoms with Crippen LogP contribution in [0.3, 0.4) is 0 Å². The molecule has 0 aliphatic carbocycles. The monoisotopic (exact) mass is 433 g/mol. The van der Waals surface area contributed by atoms with Gasteiger partial charge in [-0.2, -0.15) is 0 Å². The summed E-state index contributed by atoms with van der Waals surface area (Å²) in [6.07, 6.45) is -0.809. The van der Waals surface area contributed by atoms with Gasteiger partial charge in [0.25, 0.3) is 0 Å². The second-order valence-electron chi connectivity index (χ2n) is 6.33. The number of sulfonamides is 1. The summed E-state index contributed by atoms with van der Waals surface area (Å²) >= 11 is 0. The lowest BCUT2D eigenvalue weighted by Crippen LogP contribution is -2.50. The maximum atomic E-state index is 12.6. The zero-order chi connectivity index (χ0) is 20.9. The van der Waals surface area contributed by atoms with Crippen LogP contribution in [0, 0.1) is 0 Å². The smallest absolute Gasteiger partial charge is 0.407 e. The third-order valence-electron chi connectivity index (χ3n) is 4.01. The van der Waals surface area contributed by atoms with Gasteiger partial charge in [0.05, 0.1) is 35.1 Å². The van der Waals surface area contributed by atoms with Gasteiger partial charge in [0.15, 0.2) is 9.84 Å². The van der Waals surface area contributed by atoms with Gasteiger partial charge in [-0.15, -0.1) is 0 Å². The number of carbonyl (C=O) groups is 2. The van der Waals surface area contributed by atoms with Crippen molar-refractivity contribution in [3.05, 3.63) is 29.8 Å². The van der Waals surface area contributed by atoms with E-state index in [1.165, 1.54) is 19.1 Å². The van der Waals surface area contributed by atoms with Crippen LogP contribution >= 0.6 is 0 Å². The van der Waals surface area contributed by atoms with Crippen molar-refractivity contribution in [2.75, 3.05) is 18.1 Å². The lowest BCUT2D eigenvalue weighted by atomic mass is 10.2. The number of ether oxygens (including phenoxy) is 1. The van der Waals surface area contributed by atoms with E-state index in [9.17, 15) is 26.4 Å². The molecule has 1 saturated heterocycles. The van der Waals surface area contributed by atoms with Gasteiger partial charge in [0.2, 0.25) is 15.9 Å². The Morgan fingerprint density at radius 3 is 2.32 bits per heavy atom. The summed E-state index contributed by atoms with van der Waals surface area (Å²) in [6.45, 7) is 3.34. The van der Waals surface area contributed by atoms with Crippen molar-refractivity contribution in [2.24, 2.45) is 0 Å². The highest BCUT2D eigenvalue weighted by Gasteiger charge is 2.41. The molecule has 1 aliphatic rings. The zero-order valence-corrected chi connectivity index (χ0v) is 17.1. The topological polar surface area (TPSA) is 148 Å². The third kappa shape index (κ3) is 6.17. The normalized spacial score (nSPS) is 21.1. The van der Waals surface area contributed by atoms with E-state index < -0.39 is 43.8 Å². The second kappa shape index (κ2) is 8.88. The van der Waals surface area contributed by atoms with Crippen LogP contribution in [0.1, 0.15) is 19.4 Å². The Morgan fingerprint density at radius 1 is 1.14 bits per heavy atom. The fourth-order valence-electron chi connectivity index (χ4n) is 2.71. The second-order valence-corrected chi connectivity index (χ2v) is 10.2. The van der Waals surface area contributed by atoms with Crippen LogP contribution in [-0.2, 0) is 35.9 Å². The molecule has 28 heavy (non-hydrogen) atoms. The van der Waals surface area contributed by atoms with E-state index in [1.54, 1.807) is 19.1 Å². The predicted molar refractivity (Wildman–Crippen MR) is 101 cm³/mol. The van der Waals surface area contributed by atoms with Crippen LogP contribution in [0.2, 0.25) is 0 Å². The Labute approximate surface area is 164 Å². The first-order valence-corrected chi connectivity index (χ1v) is 11.8. The molecule has 12 heteroatoms. The fourth-order valence-corrected chi connectivity index (χ4v) is 5.95. The van der Waals surface area contributed by atoms with E-state index in [0.29, 0.717) is 5.56 Å². The molecule has 1 aromatic rings. The largest absolute Gasteiger partial charge is 0.450 e. The van der Waals surface area contributed by atoms with Crippen molar-refractivity contribution in [1.29, 1.82) is 0 Å². The molecule has 2 atom stereocenters. The molecule has 0 saturated carbocycles. The Bertz CT molecular complexity index is 927. The maximum absolute atomic E-state index is 12.6. The molecular formula is C16H23N3O7S2. The van der Waals surface area contributed by atoms with Gasteiger partial charge in [-0.25, -0.2) is 26.4 Å². The quantitative estimate of drug-likeness (QED) is 0.526. The minimum absolute atomic E-state index is 0.0572. The SMILES string of the molecule is CCOC(=O)N[C@@H]1CS(=O)(=O)C[C@@H]1NS(=O)(=O)c1ccc(CNC(C)=O)cc1. The van der Waals surface area contributed by atoms with Gasteiger partial charge in [-0.05, 0) is 24.6 Å². The minimum Gasteiger partial charge on any atom is -0.450 e. The van der Waals surface area contributed by atoms with Gasteiger partial charge in [-0.1, -0.05) is 12.1 Å². The molecule has 0 unspecified atom stereocenters. The summed E-state index contributed by atoms with van der Waals surface area (Å²) in [4.78, 5) is 22.5. The van der Waals surface area contributed by atoms with Crippen LogP contribution in [-0.4, -0.2) is 59.0 Å². The van der Waals surface area contributed by atoms with Crippen molar-refractivity contribution in [1.82, 2.24) is 15.4 Å². The van der Waals surface area contributed by atoms with Crippen LogP contribution in [0.4, 0.5) is 4.79 Å². The van der Waals surface area contributed by atoms with Crippen molar-refractivity contribution in [3.63, 3.8) is 0 Å². The van der Waals surface area contributed by atoms with E-state index in [-0.39, 0.29) is 29.7 Å². The molecule has 1 heterocycles. The summed E-state index contributed by atoms with van der Waals surface area (Å²) in [7, 11) is -7.54. The number of amides is 2. The third-order valence-corrected chi connectivity index (χ3v) is 7.25. The number of benzene rings is 1. The number of hydrogen-bond acceptors (Lipinski definition) is 7. The molecule has 1 fully saturated rings. The molecule has 156 valence electrons. The van der Waals surface area contributed by atoms with Crippen molar-refractivity contribution in [3.8, 4) is 0 Å². The summed E-state index contributed by atoms with van der Waals surface area (Å²) in [6, 6.07) is 3.86. The molecule has 2 amide bonds. The van der Waals surface area contributed by atoms with E-state index in [4.69, 9.17) is 4.74 Å². The molecular weight excluding hydrogens is 410 g/mol. The van der Waals surface area contributed by atoms with Gasteiger partial charge >= 0.3 is 6.09 Å². The van der Waals surface area contributed by atoms with Crippen molar-refractivity contribution in [2.45, 2.75) is 37.4 Å². The fraction of sp³-hybridized carbons (Fsp3) is 0.500. The number of hydrogen-bond donors (Lipinski definition) is 3. The average molecular weight is 434 g/mol. The predicted octanol–water partition coefficient (Wildman–Crippen LogP) is -0.487. The van der Waals surface area contributed by atoms with Gasteiger partial charge < -0.3 is 15.4 Å². The van der Waals surface area contributed by atoms with E-state index >= 15 is 0 Å². The summed E-state index contributed by atoms with van der Waals surface area (Å²) in [5.41, 5.74) is 0.708. The Hall–Kier alpha value is -2.18. The first kappa shape index (κ1) is 22.1. The zero-order valence-electron chi connectivity index (χ0n) is 15.5. The number of rotatable bonds is 7. The number of sulfone groups is 1. The Kier molecular flexibility index (Phi) is 7.01. The van der Waals surface area contributed by atoms with Crippen molar-refractivity contribution >= 4 is 31.9 Å². The lowest BCUT2D eigenvalue weighted by molar-refractivity contribution is -0.119. The Balaban J connectivity index is 2.12. The highest BCUT2D eigenvalue weighted by molar-refractivity contribution is 7.92. The van der Waals surface area contributed by atoms with Crippen LogP contribution in [0.5, 0.6) is 0 Å². The summed E-state index contributed by atoms with van der Waals surface area (Å²) in [5, 5.41) is 4.99. The average Bonchev–Trinajstić information content (AvgIpc) is 2.86. The molecule has 0 bridgehead atoms. The first-order valence-electron chi connectivity index (χ1n) is 8.52. The van der Waals surface area contributed by atoms with E-state index in [2.05, 4.69) is 15.4 Å². The first-order chi connectivity index (χ1) is 13.0. The van der Waals surface area contributed by atoms with E-state index in [1.807, 2.05) is 0 Å². The molecule has 0 aromatic heterocycles. The van der Waals surface area contributed by atoms with Crippen LogP contribution in [0.15, 0.2) is 29.2 Å². The van der Waals surface area contributed by atoms with Gasteiger partial charge in [0, 0.05) is 13.5 Å². The Morgan fingerprint density at radius 2 is 1.75 bits per heavy atom. The van der Waals surface area contributed by atoms with Crippen LogP contribution in [0.25, 0.3) is 0 Å². The molecule has 1 aliphatic heterocycles. The molecule has 3 N–H and O–H groups in total. The standard InChI is InChI=1S/C16H23N3O7S2/c1-3-26-16(21)18-14-9-27(22,23)10-15(14)19-28(24,25)13-6-4-12(5-7-13)8-17-11(2)20/h4-7,14-15,19H,3,8-10H2,1-2H3,(H,17,20)(H,18,21)/t14-,15+/m1/s1.